The average Bonchev–Trinajstić information content (AvgIpc) is 2.61. The van der Waals surface area contributed by atoms with Crippen molar-refractivity contribution in [2.24, 2.45) is 0 Å². The molecule has 3 heteroatoms. The summed E-state index contributed by atoms with van der Waals surface area (Å²) in [5, 5.41) is 10.8. The minimum absolute atomic E-state index is 0.00852. The summed E-state index contributed by atoms with van der Waals surface area (Å²) in [4.78, 5) is 0. The molecule has 0 aromatic rings. The van der Waals surface area contributed by atoms with Gasteiger partial charge in [0.1, 0.15) is 0 Å². The van der Waals surface area contributed by atoms with Gasteiger partial charge in [-0.05, 0) is 76.7 Å². The molecule has 0 radical (unpaired) electrons. The fraction of sp³-hybridized carbons (Fsp3) is 0.714. The molecule has 1 N–H and O–H groups in total. The first kappa shape index (κ1) is 21.9. The van der Waals surface area contributed by atoms with E-state index in [4.69, 9.17) is 0 Å². The zero-order valence-corrected chi connectivity index (χ0v) is 17.2. The van der Waals surface area contributed by atoms with Crippen LogP contribution in [0.15, 0.2) is 36.5 Å². The highest BCUT2D eigenvalue weighted by molar-refractivity contribution is 8.18. The number of aliphatic hydroxyl groups excluding tert-OH is 1. The fourth-order valence-corrected chi connectivity index (χ4v) is 6.32. The molecule has 0 spiro atoms. The van der Waals surface area contributed by atoms with Crippen LogP contribution < -0.4 is 0 Å². The van der Waals surface area contributed by atoms with Crippen LogP contribution in [0.2, 0.25) is 0 Å². The van der Waals surface area contributed by atoms with Crippen LogP contribution in [0, 0.1) is 0 Å². The molecule has 1 nitrogen and oxygen atoms in total. The summed E-state index contributed by atoms with van der Waals surface area (Å²) >= 11 is 3.97. The van der Waals surface area contributed by atoms with Crippen molar-refractivity contribution in [1.82, 2.24) is 0 Å². The van der Waals surface area contributed by atoms with Gasteiger partial charge in [-0.15, -0.1) is 23.5 Å². The van der Waals surface area contributed by atoms with Gasteiger partial charge >= 0.3 is 0 Å². The zero-order chi connectivity index (χ0) is 17.5. The van der Waals surface area contributed by atoms with Crippen molar-refractivity contribution < 1.29 is 5.11 Å². The van der Waals surface area contributed by atoms with E-state index >= 15 is 0 Å². The van der Waals surface area contributed by atoms with Crippen LogP contribution in [0.4, 0.5) is 0 Å². The number of allylic oxidation sites excluding steroid dienone is 5. The normalized spacial score (nSPS) is 19.6. The smallest absolute Gasteiger partial charge is 0.0874 e. The summed E-state index contributed by atoms with van der Waals surface area (Å²) < 4.78 is 0.00852. The molecule has 1 saturated heterocycles. The van der Waals surface area contributed by atoms with E-state index in [1.165, 1.54) is 43.6 Å². The van der Waals surface area contributed by atoms with Gasteiger partial charge in [0.15, 0.2) is 0 Å². The predicted molar refractivity (Wildman–Crippen MR) is 114 cm³/mol. The Morgan fingerprint density at radius 3 is 2.17 bits per heavy atom. The lowest BCUT2D eigenvalue weighted by atomic mass is 10.1. The van der Waals surface area contributed by atoms with Crippen LogP contribution in [-0.4, -0.2) is 26.8 Å². The third-order valence-electron chi connectivity index (χ3n) is 4.39. The van der Waals surface area contributed by atoms with Crippen LogP contribution in [0.3, 0.4) is 0 Å². The highest BCUT2D eigenvalue weighted by atomic mass is 32.2. The monoisotopic (exact) mass is 368 g/mol. The lowest BCUT2D eigenvalue weighted by Crippen LogP contribution is -2.38. The van der Waals surface area contributed by atoms with Gasteiger partial charge in [-0.25, -0.2) is 0 Å². The van der Waals surface area contributed by atoms with E-state index in [-0.39, 0.29) is 10.2 Å². The third-order valence-corrected chi connectivity index (χ3v) is 8.01. The molecule has 1 aliphatic rings. The number of rotatable bonds is 12. The maximum atomic E-state index is 10.8. The second-order valence-electron chi connectivity index (χ2n) is 6.40. The Kier molecular flexibility index (Phi) is 12.9. The highest BCUT2D eigenvalue weighted by Gasteiger charge is 2.39. The number of unbranched alkanes of at least 4 members (excludes halogenated alkanes) is 4. The third kappa shape index (κ3) is 8.82. The first-order valence-corrected chi connectivity index (χ1v) is 11.6. The van der Waals surface area contributed by atoms with Crippen molar-refractivity contribution in [1.29, 1.82) is 0 Å². The lowest BCUT2D eigenvalue weighted by Gasteiger charge is -2.39. The lowest BCUT2D eigenvalue weighted by molar-refractivity contribution is 0.160. The summed E-state index contributed by atoms with van der Waals surface area (Å²) in [6.07, 6.45) is 23.4. The molecule has 0 aromatic carbocycles. The van der Waals surface area contributed by atoms with Crippen LogP contribution in [0.1, 0.15) is 71.6 Å². The van der Waals surface area contributed by atoms with Gasteiger partial charge in [-0.2, -0.15) is 0 Å². The van der Waals surface area contributed by atoms with Gasteiger partial charge in [0.05, 0.1) is 10.2 Å². The minimum atomic E-state index is -0.232. The standard InChI is InChI=1S/C21H36OS2/c1-3-5-7-8-9-10-11-12-13-16-20(22)21(17-14-6-4-2)23-18-15-19-24-21/h3-6,12-13,20,22H,7-11,14-19H2,1-2H3/b5-3+,6-4+,13-12+. The van der Waals surface area contributed by atoms with Crippen LogP contribution in [0.25, 0.3) is 0 Å². The summed E-state index contributed by atoms with van der Waals surface area (Å²) in [5.74, 6) is 2.38. The Morgan fingerprint density at radius 1 is 0.875 bits per heavy atom. The molecule has 1 atom stereocenters. The molecule has 1 fully saturated rings. The first-order valence-electron chi connectivity index (χ1n) is 9.58. The van der Waals surface area contributed by atoms with E-state index in [2.05, 4.69) is 50.3 Å². The minimum Gasteiger partial charge on any atom is -0.390 e. The van der Waals surface area contributed by atoms with Crippen LogP contribution in [-0.2, 0) is 0 Å². The Morgan fingerprint density at radius 2 is 1.50 bits per heavy atom. The van der Waals surface area contributed by atoms with Crippen LogP contribution >= 0.6 is 23.5 Å². The second kappa shape index (κ2) is 14.1. The Bertz CT molecular complexity index is 381. The predicted octanol–water partition coefficient (Wildman–Crippen LogP) is 6.74. The van der Waals surface area contributed by atoms with E-state index in [1.54, 1.807) is 0 Å². The molecule has 138 valence electrons. The largest absolute Gasteiger partial charge is 0.390 e. The van der Waals surface area contributed by atoms with Gasteiger partial charge in [-0.1, -0.05) is 42.9 Å². The van der Waals surface area contributed by atoms with E-state index in [0.29, 0.717) is 0 Å². The number of hydrogen-bond acceptors (Lipinski definition) is 3. The van der Waals surface area contributed by atoms with Crippen LogP contribution in [0.5, 0.6) is 0 Å². The van der Waals surface area contributed by atoms with E-state index < -0.39 is 0 Å². The number of hydrogen-bond donors (Lipinski definition) is 1. The van der Waals surface area contributed by atoms with Crippen molar-refractivity contribution in [3.63, 3.8) is 0 Å². The van der Waals surface area contributed by atoms with E-state index in [0.717, 1.165) is 25.7 Å². The molecule has 1 rings (SSSR count). The number of aliphatic hydroxyl groups is 1. The highest BCUT2D eigenvalue weighted by Crippen LogP contribution is 2.48. The Hall–Kier alpha value is -0.120. The van der Waals surface area contributed by atoms with Gasteiger partial charge in [-0.3, -0.25) is 0 Å². The maximum absolute atomic E-state index is 10.8. The SMILES string of the molecule is C/C=C/CCCCC/C=C/CC(O)C1(CC/C=C/C)SCCCS1. The van der Waals surface area contributed by atoms with E-state index in [9.17, 15) is 5.11 Å². The van der Waals surface area contributed by atoms with Crippen molar-refractivity contribution in [3.8, 4) is 0 Å². The van der Waals surface area contributed by atoms with Gasteiger partial charge in [0, 0.05) is 0 Å². The van der Waals surface area contributed by atoms with Crippen molar-refractivity contribution >= 4 is 23.5 Å². The van der Waals surface area contributed by atoms with Crippen molar-refractivity contribution in [2.45, 2.75) is 81.8 Å². The summed E-state index contributed by atoms with van der Waals surface area (Å²) in [7, 11) is 0. The molecule has 24 heavy (non-hydrogen) atoms. The van der Waals surface area contributed by atoms with Gasteiger partial charge in [0.2, 0.25) is 0 Å². The molecular formula is C21H36OS2. The molecule has 1 heterocycles. The maximum Gasteiger partial charge on any atom is 0.0874 e. The fourth-order valence-electron chi connectivity index (χ4n) is 2.94. The molecule has 1 aliphatic heterocycles. The summed E-state index contributed by atoms with van der Waals surface area (Å²) in [6.45, 7) is 4.16. The molecule has 1 unspecified atom stereocenters. The van der Waals surface area contributed by atoms with Crippen molar-refractivity contribution in [2.75, 3.05) is 11.5 Å². The molecule has 0 bridgehead atoms. The molecule has 0 amide bonds. The zero-order valence-electron chi connectivity index (χ0n) is 15.6. The topological polar surface area (TPSA) is 20.2 Å². The Labute approximate surface area is 158 Å². The summed E-state index contributed by atoms with van der Waals surface area (Å²) in [6, 6.07) is 0. The molecule has 0 saturated carbocycles. The second-order valence-corrected chi connectivity index (χ2v) is 9.51. The van der Waals surface area contributed by atoms with Gasteiger partial charge in [0.25, 0.3) is 0 Å². The van der Waals surface area contributed by atoms with Gasteiger partial charge < -0.3 is 5.11 Å². The van der Waals surface area contributed by atoms with Crippen molar-refractivity contribution in [3.05, 3.63) is 36.5 Å². The first-order chi connectivity index (χ1) is 11.7. The molecular weight excluding hydrogens is 332 g/mol. The molecule has 0 aromatic heterocycles. The Balaban J connectivity index is 2.30. The van der Waals surface area contributed by atoms with E-state index in [1.807, 2.05) is 23.5 Å². The quantitative estimate of drug-likeness (QED) is 0.304. The average molecular weight is 369 g/mol. The molecule has 0 aliphatic carbocycles. The summed E-state index contributed by atoms with van der Waals surface area (Å²) in [5.41, 5.74) is 0. The number of thioether (sulfide) groups is 2.